The molecule has 0 fully saturated rings. The van der Waals surface area contributed by atoms with Crippen LogP contribution in [0.3, 0.4) is 0 Å². The Morgan fingerprint density at radius 3 is 2.82 bits per heavy atom. The maximum Gasteiger partial charge on any atom is 0.322 e. The summed E-state index contributed by atoms with van der Waals surface area (Å²) in [6, 6.07) is 10.00. The Morgan fingerprint density at radius 2 is 2.09 bits per heavy atom. The number of carbonyl (C=O) groups is 3. The summed E-state index contributed by atoms with van der Waals surface area (Å²) in [7, 11) is 1.55. The molecule has 2 heterocycles. The van der Waals surface area contributed by atoms with Gasteiger partial charge in [-0.1, -0.05) is 17.9 Å². The van der Waals surface area contributed by atoms with Gasteiger partial charge in [0, 0.05) is 29.1 Å². The number of hydrogen-bond donors (Lipinski definition) is 2. The van der Waals surface area contributed by atoms with Crippen LogP contribution < -0.4 is 15.4 Å². The number of ether oxygens (including phenoxy) is 1. The van der Waals surface area contributed by atoms with Crippen LogP contribution in [0, 0.1) is 11.8 Å². The molecule has 4 rings (SSSR count). The van der Waals surface area contributed by atoms with Gasteiger partial charge < -0.3 is 15.0 Å². The molecule has 9 heteroatoms. The van der Waals surface area contributed by atoms with E-state index in [0.29, 0.717) is 24.3 Å². The van der Waals surface area contributed by atoms with Gasteiger partial charge in [0.1, 0.15) is 11.8 Å². The number of amides is 4. The van der Waals surface area contributed by atoms with E-state index < -0.39 is 12.1 Å². The first-order valence-corrected chi connectivity index (χ1v) is 10.8. The molecule has 0 aliphatic carbocycles. The highest BCUT2D eigenvalue weighted by Gasteiger charge is 2.29. The summed E-state index contributed by atoms with van der Waals surface area (Å²) in [5.74, 6) is 6.54. The molecule has 0 radical (unpaired) electrons. The van der Waals surface area contributed by atoms with E-state index in [-0.39, 0.29) is 18.5 Å². The number of nitrogens with zero attached hydrogens (tertiary/aromatic N) is 3. The summed E-state index contributed by atoms with van der Waals surface area (Å²) in [6.07, 6.45) is 2.09. The average Bonchev–Trinajstić information content (AvgIpc) is 3.38. The van der Waals surface area contributed by atoms with E-state index in [4.69, 9.17) is 4.74 Å². The Kier molecular flexibility index (Phi) is 6.50. The zero-order chi connectivity index (χ0) is 24.2. The lowest BCUT2D eigenvalue weighted by atomic mass is 10.1. The number of methoxy groups -OCH3 is 1. The number of hydrogen-bond acceptors (Lipinski definition) is 5. The first-order valence-electron chi connectivity index (χ1n) is 10.8. The van der Waals surface area contributed by atoms with E-state index in [0.717, 1.165) is 22.0 Å². The highest BCUT2D eigenvalue weighted by Crippen LogP contribution is 2.26. The summed E-state index contributed by atoms with van der Waals surface area (Å²) < 4.78 is 7.16. The lowest BCUT2D eigenvalue weighted by molar-refractivity contribution is -0.108. The van der Waals surface area contributed by atoms with E-state index in [1.165, 1.54) is 0 Å². The van der Waals surface area contributed by atoms with Crippen molar-refractivity contribution < 1.29 is 19.1 Å². The van der Waals surface area contributed by atoms with Gasteiger partial charge in [0.05, 0.1) is 25.4 Å². The fourth-order valence-corrected chi connectivity index (χ4v) is 3.93. The summed E-state index contributed by atoms with van der Waals surface area (Å²) in [4.78, 5) is 37.2. The second kappa shape index (κ2) is 9.67. The van der Waals surface area contributed by atoms with Crippen LogP contribution in [0.4, 0.5) is 4.79 Å². The molecule has 0 saturated heterocycles. The molecule has 2 N–H and O–H groups in total. The minimum Gasteiger partial charge on any atom is -0.497 e. The van der Waals surface area contributed by atoms with E-state index in [2.05, 4.69) is 41.4 Å². The average molecular weight is 460 g/mol. The van der Waals surface area contributed by atoms with Crippen LogP contribution in [-0.2, 0) is 11.3 Å². The normalized spacial score (nSPS) is 13.3. The van der Waals surface area contributed by atoms with Crippen molar-refractivity contribution in [3.63, 3.8) is 0 Å². The van der Waals surface area contributed by atoms with Gasteiger partial charge in [-0.05, 0) is 49.7 Å². The Bertz CT molecular complexity index is 1320. The standard InChI is InChI=1S/C25H25N5O4/c1-16(2)30-23-9-5-17(10-19(23)12-27-30)4-7-20(28-25(33)26-15-31)14-29-13-18-6-8-21(34-3)11-22(18)24(29)32/h5-6,8-12,15-16,20H,13-14H2,1-3H3,(H2,26,28,31,33)/t20-/m1/s1. The molecule has 1 aromatic heterocycles. The number of nitrogens with one attached hydrogen (secondary N) is 2. The molecule has 4 amide bonds. The van der Waals surface area contributed by atoms with Gasteiger partial charge in [-0.25, -0.2) is 4.79 Å². The zero-order valence-electron chi connectivity index (χ0n) is 19.2. The van der Waals surface area contributed by atoms with Crippen LogP contribution in [0.1, 0.15) is 41.4 Å². The first kappa shape index (κ1) is 22.9. The minimum atomic E-state index is -0.700. The summed E-state index contributed by atoms with van der Waals surface area (Å²) in [6.45, 7) is 4.68. The van der Waals surface area contributed by atoms with Gasteiger partial charge in [0.2, 0.25) is 6.41 Å². The highest BCUT2D eigenvalue weighted by molar-refractivity contribution is 5.98. The van der Waals surface area contributed by atoms with Gasteiger partial charge in [-0.2, -0.15) is 5.10 Å². The van der Waals surface area contributed by atoms with Crippen molar-refractivity contribution >= 4 is 29.3 Å². The molecule has 2 aromatic carbocycles. The molecule has 9 nitrogen and oxygen atoms in total. The number of aromatic nitrogens is 2. The van der Waals surface area contributed by atoms with Crippen molar-refractivity contribution in [2.24, 2.45) is 0 Å². The molecule has 1 aliphatic rings. The molecule has 1 aliphatic heterocycles. The molecule has 0 unspecified atom stereocenters. The van der Waals surface area contributed by atoms with E-state index in [9.17, 15) is 14.4 Å². The molecular weight excluding hydrogens is 434 g/mol. The largest absolute Gasteiger partial charge is 0.497 e. The Hall–Kier alpha value is -4.32. The maximum absolute atomic E-state index is 12.9. The molecule has 174 valence electrons. The van der Waals surface area contributed by atoms with Crippen LogP contribution in [0.5, 0.6) is 5.75 Å². The SMILES string of the molecule is COc1ccc2c(c1)C(=O)N(C[C@@H](C#Cc1ccc3c(cnn3C(C)C)c1)NC(=O)NC=O)C2. The van der Waals surface area contributed by atoms with E-state index in [1.807, 2.05) is 28.9 Å². The third-order valence-electron chi connectivity index (χ3n) is 5.57. The van der Waals surface area contributed by atoms with Gasteiger partial charge in [0.25, 0.3) is 5.91 Å². The number of urea groups is 1. The van der Waals surface area contributed by atoms with Crippen molar-refractivity contribution in [1.82, 2.24) is 25.3 Å². The molecule has 3 aromatic rings. The van der Waals surface area contributed by atoms with Crippen molar-refractivity contribution in [1.29, 1.82) is 0 Å². The minimum absolute atomic E-state index is 0.155. The summed E-state index contributed by atoms with van der Waals surface area (Å²) >= 11 is 0. The lowest BCUT2D eigenvalue weighted by Gasteiger charge is -2.21. The Labute approximate surface area is 197 Å². The zero-order valence-corrected chi connectivity index (χ0v) is 19.2. The van der Waals surface area contributed by atoms with Crippen LogP contribution in [0.2, 0.25) is 0 Å². The topological polar surface area (TPSA) is 106 Å². The van der Waals surface area contributed by atoms with E-state index in [1.54, 1.807) is 30.3 Å². The number of fused-ring (bicyclic) bond motifs is 2. The fraction of sp³-hybridized carbons (Fsp3) is 0.280. The van der Waals surface area contributed by atoms with Gasteiger partial charge in [-0.15, -0.1) is 0 Å². The molecule has 0 saturated carbocycles. The van der Waals surface area contributed by atoms with Gasteiger partial charge in [0.15, 0.2) is 0 Å². The fourth-order valence-electron chi connectivity index (χ4n) is 3.93. The van der Waals surface area contributed by atoms with Crippen molar-refractivity contribution in [3.8, 4) is 17.6 Å². The second-order valence-corrected chi connectivity index (χ2v) is 8.22. The predicted octanol–water partition coefficient (Wildman–Crippen LogP) is 2.46. The van der Waals surface area contributed by atoms with Crippen molar-refractivity contribution in [2.45, 2.75) is 32.5 Å². The summed E-state index contributed by atoms with van der Waals surface area (Å²) in [5, 5.41) is 10.1. The molecule has 0 bridgehead atoms. The molecule has 34 heavy (non-hydrogen) atoms. The molecule has 1 atom stereocenters. The predicted molar refractivity (Wildman–Crippen MR) is 126 cm³/mol. The first-order chi connectivity index (χ1) is 16.4. The number of carbonyl (C=O) groups excluding carboxylic acids is 3. The van der Waals surface area contributed by atoms with Crippen LogP contribution >= 0.6 is 0 Å². The number of benzene rings is 2. The lowest BCUT2D eigenvalue weighted by Crippen LogP contribution is -2.46. The Morgan fingerprint density at radius 1 is 1.26 bits per heavy atom. The maximum atomic E-state index is 12.9. The van der Waals surface area contributed by atoms with Crippen LogP contribution in [0.25, 0.3) is 10.9 Å². The van der Waals surface area contributed by atoms with E-state index >= 15 is 0 Å². The van der Waals surface area contributed by atoms with Crippen molar-refractivity contribution in [3.05, 3.63) is 59.3 Å². The molecule has 0 spiro atoms. The highest BCUT2D eigenvalue weighted by atomic mass is 16.5. The molecular formula is C25H25N5O4. The quantitative estimate of drug-likeness (QED) is 0.435. The third kappa shape index (κ3) is 4.71. The van der Waals surface area contributed by atoms with Gasteiger partial charge >= 0.3 is 6.03 Å². The second-order valence-electron chi connectivity index (χ2n) is 8.22. The number of rotatable bonds is 6. The van der Waals surface area contributed by atoms with Crippen molar-refractivity contribution in [2.75, 3.05) is 13.7 Å². The summed E-state index contributed by atoms with van der Waals surface area (Å²) in [5.41, 5.74) is 3.20. The van der Waals surface area contributed by atoms with Crippen LogP contribution in [0.15, 0.2) is 42.6 Å². The number of imide groups is 1. The van der Waals surface area contributed by atoms with Gasteiger partial charge in [-0.3, -0.25) is 19.6 Å². The Balaban J connectivity index is 1.56. The van der Waals surface area contributed by atoms with Crippen LogP contribution in [-0.4, -0.2) is 52.7 Å². The third-order valence-corrected chi connectivity index (χ3v) is 5.57. The smallest absolute Gasteiger partial charge is 0.322 e. The monoisotopic (exact) mass is 459 g/mol.